The lowest BCUT2D eigenvalue weighted by Gasteiger charge is -2.23. The van der Waals surface area contributed by atoms with Gasteiger partial charge in [0.1, 0.15) is 5.75 Å². The molecule has 0 heterocycles. The topological polar surface area (TPSA) is 98.7 Å². The van der Waals surface area contributed by atoms with E-state index in [0.717, 1.165) is 31.7 Å². The Hall–Kier alpha value is -2.24. The highest BCUT2D eigenvalue weighted by Crippen LogP contribution is 2.24. The maximum Gasteiger partial charge on any atom is 0.335 e. The zero-order valence-corrected chi connectivity index (χ0v) is 11.1. The quantitative estimate of drug-likeness (QED) is 0.638. The number of nitrogens with one attached hydrogen (secondary N) is 2. The van der Waals surface area contributed by atoms with Crippen molar-refractivity contribution in [3.8, 4) is 5.75 Å². The molecule has 6 heteroatoms. The van der Waals surface area contributed by atoms with Gasteiger partial charge in [0, 0.05) is 6.04 Å². The van der Waals surface area contributed by atoms with Crippen molar-refractivity contribution in [1.29, 1.82) is 0 Å². The van der Waals surface area contributed by atoms with Crippen molar-refractivity contribution in [2.75, 3.05) is 5.32 Å². The Labute approximate surface area is 116 Å². The third-order valence-electron chi connectivity index (χ3n) is 3.43. The second kappa shape index (κ2) is 6.27. The van der Waals surface area contributed by atoms with E-state index in [0.29, 0.717) is 0 Å². The molecule has 0 unspecified atom stereocenters. The maximum atomic E-state index is 11.8. The fourth-order valence-electron chi connectivity index (χ4n) is 2.36. The van der Waals surface area contributed by atoms with E-state index in [1.165, 1.54) is 18.6 Å². The first-order valence-corrected chi connectivity index (χ1v) is 6.70. The van der Waals surface area contributed by atoms with Gasteiger partial charge in [-0.05, 0) is 31.0 Å². The molecule has 108 valence electrons. The van der Waals surface area contributed by atoms with E-state index in [1.54, 1.807) is 0 Å². The SMILES string of the molecule is O=C(Nc1ccc(C(=O)O)cc1O)NC1CCCCC1. The Balaban J connectivity index is 1.95. The molecule has 0 atom stereocenters. The number of carboxylic acids is 1. The minimum absolute atomic E-state index is 0.0271. The molecule has 0 radical (unpaired) electrons. The predicted octanol–water partition coefficient (Wildman–Crippen LogP) is 2.54. The number of carbonyl (C=O) groups is 2. The van der Waals surface area contributed by atoms with Crippen molar-refractivity contribution in [3.63, 3.8) is 0 Å². The van der Waals surface area contributed by atoms with Gasteiger partial charge in [0.05, 0.1) is 11.3 Å². The first-order chi connectivity index (χ1) is 9.56. The number of rotatable bonds is 3. The number of benzene rings is 1. The van der Waals surface area contributed by atoms with Crippen LogP contribution in [0.25, 0.3) is 0 Å². The van der Waals surface area contributed by atoms with Crippen LogP contribution in [0.15, 0.2) is 18.2 Å². The van der Waals surface area contributed by atoms with E-state index in [1.807, 2.05) is 0 Å². The molecular weight excluding hydrogens is 260 g/mol. The summed E-state index contributed by atoms with van der Waals surface area (Å²) in [5.74, 6) is -1.39. The molecule has 1 aliphatic rings. The van der Waals surface area contributed by atoms with E-state index in [2.05, 4.69) is 10.6 Å². The summed E-state index contributed by atoms with van der Waals surface area (Å²) in [5, 5.41) is 23.9. The minimum Gasteiger partial charge on any atom is -0.506 e. The molecular formula is C14H18N2O4. The Morgan fingerprint density at radius 1 is 1.15 bits per heavy atom. The van der Waals surface area contributed by atoms with Crippen LogP contribution in [0.4, 0.5) is 10.5 Å². The second-order valence-corrected chi connectivity index (χ2v) is 4.97. The molecule has 0 saturated heterocycles. The number of hydrogen-bond donors (Lipinski definition) is 4. The van der Waals surface area contributed by atoms with Gasteiger partial charge in [0.25, 0.3) is 0 Å². The fourth-order valence-corrected chi connectivity index (χ4v) is 2.36. The first-order valence-electron chi connectivity index (χ1n) is 6.70. The number of anilines is 1. The first kappa shape index (κ1) is 14.2. The van der Waals surface area contributed by atoms with E-state index < -0.39 is 5.97 Å². The van der Waals surface area contributed by atoms with Gasteiger partial charge in [-0.15, -0.1) is 0 Å². The average Bonchev–Trinajstić information content (AvgIpc) is 2.42. The van der Waals surface area contributed by atoms with Crippen LogP contribution in [0, 0.1) is 0 Å². The molecule has 1 saturated carbocycles. The number of amides is 2. The van der Waals surface area contributed by atoms with Gasteiger partial charge >= 0.3 is 12.0 Å². The highest BCUT2D eigenvalue weighted by Gasteiger charge is 2.16. The molecule has 0 aliphatic heterocycles. The van der Waals surface area contributed by atoms with Gasteiger partial charge < -0.3 is 20.8 Å². The Bertz CT molecular complexity index is 510. The van der Waals surface area contributed by atoms with Gasteiger partial charge in [0.2, 0.25) is 0 Å². The number of carboxylic acid groups (broad SMARTS) is 1. The fraction of sp³-hybridized carbons (Fsp3) is 0.429. The molecule has 6 nitrogen and oxygen atoms in total. The molecule has 1 fully saturated rings. The van der Waals surface area contributed by atoms with Crippen molar-refractivity contribution in [2.24, 2.45) is 0 Å². The number of carbonyl (C=O) groups excluding carboxylic acids is 1. The van der Waals surface area contributed by atoms with Crippen LogP contribution < -0.4 is 10.6 Å². The molecule has 0 spiro atoms. The van der Waals surface area contributed by atoms with Gasteiger partial charge in [-0.3, -0.25) is 0 Å². The molecule has 2 rings (SSSR count). The highest BCUT2D eigenvalue weighted by molar-refractivity contribution is 5.93. The standard InChI is InChI=1S/C14H18N2O4/c17-12-8-9(13(18)19)6-7-11(12)16-14(20)15-10-4-2-1-3-5-10/h6-8,10,17H,1-5H2,(H,18,19)(H2,15,16,20). The van der Waals surface area contributed by atoms with Crippen LogP contribution in [0.2, 0.25) is 0 Å². The van der Waals surface area contributed by atoms with Crippen LogP contribution in [0.1, 0.15) is 42.5 Å². The Morgan fingerprint density at radius 3 is 2.45 bits per heavy atom. The van der Waals surface area contributed by atoms with Crippen molar-refractivity contribution in [1.82, 2.24) is 5.32 Å². The lowest BCUT2D eigenvalue weighted by Crippen LogP contribution is -2.39. The number of phenols is 1. The Kier molecular flexibility index (Phi) is 4.45. The summed E-state index contributed by atoms with van der Waals surface area (Å²) in [6, 6.07) is 3.61. The molecule has 0 bridgehead atoms. The second-order valence-electron chi connectivity index (χ2n) is 4.97. The molecule has 1 aromatic carbocycles. The minimum atomic E-state index is -1.13. The van der Waals surface area contributed by atoms with Gasteiger partial charge in [0.15, 0.2) is 0 Å². The monoisotopic (exact) mass is 278 g/mol. The lowest BCUT2D eigenvalue weighted by atomic mass is 9.96. The van der Waals surface area contributed by atoms with E-state index >= 15 is 0 Å². The summed E-state index contributed by atoms with van der Waals surface area (Å²) >= 11 is 0. The summed E-state index contributed by atoms with van der Waals surface area (Å²) in [5.41, 5.74) is 0.170. The Morgan fingerprint density at radius 2 is 1.85 bits per heavy atom. The summed E-state index contributed by atoms with van der Waals surface area (Å²) < 4.78 is 0. The normalized spacial score (nSPS) is 15.6. The smallest absolute Gasteiger partial charge is 0.335 e. The van der Waals surface area contributed by atoms with Crippen molar-refractivity contribution < 1.29 is 19.8 Å². The van der Waals surface area contributed by atoms with Gasteiger partial charge in [-0.2, -0.15) is 0 Å². The summed E-state index contributed by atoms with van der Waals surface area (Å²) in [6.07, 6.45) is 5.37. The lowest BCUT2D eigenvalue weighted by molar-refractivity contribution is 0.0696. The predicted molar refractivity (Wildman–Crippen MR) is 74.1 cm³/mol. The van der Waals surface area contributed by atoms with Crippen LogP contribution >= 0.6 is 0 Å². The number of phenolic OH excluding ortho intramolecular Hbond substituents is 1. The van der Waals surface area contributed by atoms with Crippen molar-refractivity contribution in [2.45, 2.75) is 38.1 Å². The number of hydrogen-bond acceptors (Lipinski definition) is 3. The molecule has 0 aromatic heterocycles. The molecule has 20 heavy (non-hydrogen) atoms. The largest absolute Gasteiger partial charge is 0.506 e. The van der Waals surface area contributed by atoms with Crippen LogP contribution in [-0.4, -0.2) is 28.3 Å². The number of aromatic carboxylic acids is 1. The molecule has 2 amide bonds. The third kappa shape index (κ3) is 3.63. The average molecular weight is 278 g/mol. The van der Waals surface area contributed by atoms with E-state index in [9.17, 15) is 14.7 Å². The van der Waals surface area contributed by atoms with Gasteiger partial charge in [-0.1, -0.05) is 19.3 Å². The van der Waals surface area contributed by atoms with Crippen molar-refractivity contribution >= 4 is 17.7 Å². The van der Waals surface area contributed by atoms with Gasteiger partial charge in [-0.25, -0.2) is 9.59 Å². The van der Waals surface area contributed by atoms with Crippen LogP contribution in [0.5, 0.6) is 5.75 Å². The number of aromatic hydroxyl groups is 1. The van der Waals surface area contributed by atoms with Crippen LogP contribution in [0.3, 0.4) is 0 Å². The van der Waals surface area contributed by atoms with E-state index in [-0.39, 0.29) is 29.1 Å². The van der Waals surface area contributed by atoms with Crippen molar-refractivity contribution in [3.05, 3.63) is 23.8 Å². The summed E-state index contributed by atoms with van der Waals surface area (Å²) in [6.45, 7) is 0. The number of urea groups is 1. The summed E-state index contributed by atoms with van der Waals surface area (Å²) in [4.78, 5) is 22.5. The van der Waals surface area contributed by atoms with E-state index in [4.69, 9.17) is 5.11 Å². The van der Waals surface area contributed by atoms with Crippen LogP contribution in [-0.2, 0) is 0 Å². The highest BCUT2D eigenvalue weighted by atomic mass is 16.4. The zero-order valence-electron chi connectivity index (χ0n) is 11.1. The zero-order chi connectivity index (χ0) is 14.5. The molecule has 1 aromatic rings. The maximum absolute atomic E-state index is 11.8. The summed E-state index contributed by atoms with van der Waals surface area (Å²) in [7, 11) is 0. The molecule has 1 aliphatic carbocycles. The third-order valence-corrected chi connectivity index (χ3v) is 3.43. The molecule has 4 N–H and O–H groups in total.